The Kier molecular flexibility index (Phi) is 4.50. The van der Waals surface area contributed by atoms with Gasteiger partial charge in [0, 0.05) is 25.7 Å². The van der Waals surface area contributed by atoms with Crippen LogP contribution in [0.1, 0.15) is 15.9 Å². The maximum atomic E-state index is 12.0. The molecule has 0 N–H and O–H groups in total. The predicted molar refractivity (Wildman–Crippen MR) is 66.7 cm³/mol. The van der Waals surface area contributed by atoms with Crippen molar-refractivity contribution in [1.29, 1.82) is 0 Å². The summed E-state index contributed by atoms with van der Waals surface area (Å²) < 4.78 is 0. The molecule has 0 aliphatic carbocycles. The van der Waals surface area contributed by atoms with Crippen molar-refractivity contribution < 1.29 is 4.79 Å². The fourth-order valence-corrected chi connectivity index (χ4v) is 1.37. The topological polar surface area (TPSA) is 23.6 Å². The molecule has 88 valence electrons. The van der Waals surface area contributed by atoms with Crippen LogP contribution >= 0.6 is 0 Å². The summed E-state index contributed by atoms with van der Waals surface area (Å²) in [6, 6.07) is 7.69. The molecule has 0 aliphatic rings. The van der Waals surface area contributed by atoms with Crippen LogP contribution in [0.2, 0.25) is 0 Å². The lowest BCUT2D eigenvalue weighted by Gasteiger charge is -2.19. The first kappa shape index (κ1) is 12.7. The highest BCUT2D eigenvalue weighted by molar-refractivity contribution is 5.94. The van der Waals surface area contributed by atoms with Gasteiger partial charge in [-0.2, -0.15) is 0 Å². The van der Waals surface area contributed by atoms with Gasteiger partial charge in [-0.15, -0.1) is 0 Å². The molecule has 0 atom stereocenters. The second-order valence-corrected chi connectivity index (χ2v) is 4.40. The molecule has 0 fully saturated rings. The number of hydrogen-bond acceptors (Lipinski definition) is 2. The first-order valence-corrected chi connectivity index (χ1v) is 5.47. The molecule has 3 heteroatoms. The van der Waals surface area contributed by atoms with E-state index in [1.54, 1.807) is 4.90 Å². The minimum atomic E-state index is 0.0850. The fraction of sp³-hybridized carbons (Fsp3) is 0.462. The molecule has 1 aromatic carbocycles. The van der Waals surface area contributed by atoms with E-state index in [9.17, 15) is 4.79 Å². The quantitative estimate of drug-likeness (QED) is 0.770. The normalized spacial score (nSPS) is 10.6. The van der Waals surface area contributed by atoms with Gasteiger partial charge in [0.1, 0.15) is 0 Å². The molecule has 0 bridgehead atoms. The van der Waals surface area contributed by atoms with E-state index in [-0.39, 0.29) is 5.91 Å². The smallest absolute Gasteiger partial charge is 0.253 e. The number of nitrogens with zero attached hydrogens (tertiary/aromatic N) is 2. The molecule has 16 heavy (non-hydrogen) atoms. The highest BCUT2D eigenvalue weighted by Gasteiger charge is 2.10. The highest BCUT2D eigenvalue weighted by atomic mass is 16.2. The van der Waals surface area contributed by atoms with Crippen LogP contribution in [-0.2, 0) is 0 Å². The van der Waals surface area contributed by atoms with Crippen molar-refractivity contribution in [3.63, 3.8) is 0 Å². The Hall–Kier alpha value is -1.35. The Balaban J connectivity index is 2.60. The zero-order valence-electron chi connectivity index (χ0n) is 10.5. The van der Waals surface area contributed by atoms with Gasteiger partial charge in [0.05, 0.1) is 0 Å². The van der Waals surface area contributed by atoms with Crippen LogP contribution in [0.4, 0.5) is 0 Å². The van der Waals surface area contributed by atoms with E-state index in [0.29, 0.717) is 0 Å². The highest BCUT2D eigenvalue weighted by Crippen LogP contribution is 2.05. The lowest BCUT2D eigenvalue weighted by atomic mass is 10.1. The standard InChI is InChI=1S/C13H20N2O/c1-11-5-7-12(8-6-11)13(16)15(4)10-9-14(2)3/h5-8H,9-10H2,1-4H3. The Bertz CT molecular complexity index is 343. The van der Waals surface area contributed by atoms with Crippen molar-refractivity contribution in [2.75, 3.05) is 34.2 Å². The summed E-state index contributed by atoms with van der Waals surface area (Å²) in [6.45, 7) is 3.65. The number of carbonyl (C=O) groups is 1. The second-order valence-electron chi connectivity index (χ2n) is 4.40. The third-order valence-electron chi connectivity index (χ3n) is 2.53. The Labute approximate surface area is 97.7 Å². The molecule has 0 aromatic heterocycles. The van der Waals surface area contributed by atoms with Crippen LogP contribution in [0.5, 0.6) is 0 Å². The SMILES string of the molecule is Cc1ccc(C(=O)N(C)CCN(C)C)cc1. The first-order chi connectivity index (χ1) is 7.50. The summed E-state index contributed by atoms with van der Waals surface area (Å²) in [5.41, 5.74) is 1.93. The van der Waals surface area contributed by atoms with E-state index in [1.165, 1.54) is 5.56 Å². The molecule has 0 aliphatic heterocycles. The van der Waals surface area contributed by atoms with Crippen molar-refractivity contribution in [1.82, 2.24) is 9.80 Å². The number of hydrogen-bond donors (Lipinski definition) is 0. The van der Waals surface area contributed by atoms with E-state index in [4.69, 9.17) is 0 Å². The number of amides is 1. The van der Waals surface area contributed by atoms with Crippen LogP contribution in [0.25, 0.3) is 0 Å². The molecular formula is C13H20N2O. The van der Waals surface area contributed by atoms with Crippen molar-refractivity contribution >= 4 is 5.91 Å². The van der Waals surface area contributed by atoms with Crippen molar-refractivity contribution in [2.45, 2.75) is 6.92 Å². The maximum absolute atomic E-state index is 12.0. The molecule has 0 unspecified atom stereocenters. The van der Waals surface area contributed by atoms with Crippen LogP contribution in [0, 0.1) is 6.92 Å². The van der Waals surface area contributed by atoms with Gasteiger partial charge >= 0.3 is 0 Å². The summed E-state index contributed by atoms with van der Waals surface area (Å²) >= 11 is 0. The Morgan fingerprint density at radius 1 is 1.06 bits per heavy atom. The molecular weight excluding hydrogens is 200 g/mol. The van der Waals surface area contributed by atoms with E-state index in [2.05, 4.69) is 4.90 Å². The molecule has 3 nitrogen and oxygen atoms in total. The molecule has 0 saturated carbocycles. The minimum Gasteiger partial charge on any atom is -0.340 e. The van der Waals surface area contributed by atoms with Gasteiger partial charge in [-0.1, -0.05) is 17.7 Å². The number of aryl methyl sites for hydroxylation is 1. The van der Waals surface area contributed by atoms with Crippen LogP contribution in [-0.4, -0.2) is 49.9 Å². The lowest BCUT2D eigenvalue weighted by Crippen LogP contribution is -2.33. The van der Waals surface area contributed by atoms with Gasteiger partial charge < -0.3 is 9.80 Å². The predicted octanol–water partition coefficient (Wildman–Crippen LogP) is 1.63. The van der Waals surface area contributed by atoms with E-state index in [0.717, 1.165) is 18.7 Å². The summed E-state index contributed by atoms with van der Waals surface area (Å²) in [6.07, 6.45) is 0. The zero-order chi connectivity index (χ0) is 12.1. The number of rotatable bonds is 4. The fourth-order valence-electron chi connectivity index (χ4n) is 1.37. The number of carbonyl (C=O) groups excluding carboxylic acids is 1. The maximum Gasteiger partial charge on any atom is 0.253 e. The van der Waals surface area contributed by atoms with Gasteiger partial charge in [-0.05, 0) is 33.2 Å². The van der Waals surface area contributed by atoms with Crippen molar-refractivity contribution in [3.05, 3.63) is 35.4 Å². The molecule has 0 radical (unpaired) electrons. The van der Waals surface area contributed by atoms with Gasteiger partial charge in [0.2, 0.25) is 0 Å². The summed E-state index contributed by atoms with van der Waals surface area (Å²) in [5, 5.41) is 0. The van der Waals surface area contributed by atoms with Crippen molar-refractivity contribution in [2.24, 2.45) is 0 Å². The average Bonchev–Trinajstić information content (AvgIpc) is 2.26. The van der Waals surface area contributed by atoms with Crippen LogP contribution in [0.3, 0.4) is 0 Å². The second kappa shape index (κ2) is 5.66. The van der Waals surface area contributed by atoms with Gasteiger partial charge in [0.25, 0.3) is 5.91 Å². The molecule has 1 rings (SSSR count). The van der Waals surface area contributed by atoms with Gasteiger partial charge in [-0.25, -0.2) is 0 Å². The van der Waals surface area contributed by atoms with Crippen LogP contribution in [0.15, 0.2) is 24.3 Å². The average molecular weight is 220 g/mol. The van der Waals surface area contributed by atoms with E-state index >= 15 is 0 Å². The summed E-state index contributed by atoms with van der Waals surface area (Å²) in [7, 11) is 5.85. The zero-order valence-corrected chi connectivity index (χ0v) is 10.5. The molecule has 1 aromatic rings. The van der Waals surface area contributed by atoms with Crippen molar-refractivity contribution in [3.8, 4) is 0 Å². The molecule has 0 spiro atoms. The monoisotopic (exact) mass is 220 g/mol. The molecule has 0 heterocycles. The number of likely N-dealkylation sites (N-methyl/N-ethyl adjacent to an activating group) is 2. The first-order valence-electron chi connectivity index (χ1n) is 5.47. The summed E-state index contributed by atoms with van der Waals surface area (Å²) in [5.74, 6) is 0.0850. The Morgan fingerprint density at radius 3 is 2.12 bits per heavy atom. The molecule has 1 amide bonds. The van der Waals surface area contributed by atoms with Gasteiger partial charge in [0.15, 0.2) is 0 Å². The third kappa shape index (κ3) is 3.66. The van der Waals surface area contributed by atoms with Crippen LogP contribution < -0.4 is 0 Å². The largest absolute Gasteiger partial charge is 0.340 e. The number of benzene rings is 1. The third-order valence-corrected chi connectivity index (χ3v) is 2.53. The van der Waals surface area contributed by atoms with E-state index in [1.807, 2.05) is 52.3 Å². The Morgan fingerprint density at radius 2 is 1.62 bits per heavy atom. The molecule has 0 saturated heterocycles. The van der Waals surface area contributed by atoms with E-state index < -0.39 is 0 Å². The van der Waals surface area contributed by atoms with Gasteiger partial charge in [-0.3, -0.25) is 4.79 Å². The lowest BCUT2D eigenvalue weighted by molar-refractivity contribution is 0.0786. The summed E-state index contributed by atoms with van der Waals surface area (Å²) in [4.78, 5) is 15.8. The minimum absolute atomic E-state index is 0.0850.